The van der Waals surface area contributed by atoms with Crippen LogP contribution < -0.4 is 0 Å². The highest BCUT2D eigenvalue weighted by atomic mass is 19.4. The highest BCUT2D eigenvalue weighted by Gasteiger charge is 2.30. The van der Waals surface area contributed by atoms with E-state index in [2.05, 4.69) is 6.58 Å². The number of benzene rings is 1. The van der Waals surface area contributed by atoms with Gasteiger partial charge in [-0.15, -0.1) is 0 Å². The smallest absolute Gasteiger partial charge is 0.313 e. The molecule has 0 spiro atoms. The number of piperidine rings is 1. The predicted octanol–water partition coefficient (Wildman–Crippen LogP) is 3.85. The third-order valence-corrected chi connectivity index (χ3v) is 3.18. The zero-order chi connectivity index (χ0) is 14.0. The maximum absolute atomic E-state index is 12.4. The van der Waals surface area contributed by atoms with Crippen LogP contribution in [0.3, 0.4) is 0 Å². The molecule has 1 aliphatic rings. The van der Waals surface area contributed by atoms with Crippen LogP contribution >= 0.6 is 0 Å². The molecule has 0 radical (unpaired) electrons. The Balaban J connectivity index is 2.18. The van der Waals surface area contributed by atoms with E-state index in [0.29, 0.717) is 6.54 Å². The number of hydrogen-bond donors (Lipinski definition) is 0. The average Bonchev–Trinajstić information content (AvgIpc) is 2.38. The molecule has 1 aromatic carbocycles. The lowest BCUT2D eigenvalue weighted by Crippen LogP contribution is -2.33. The quantitative estimate of drug-likeness (QED) is 0.758. The molecule has 0 aromatic heterocycles. The van der Waals surface area contributed by atoms with Crippen LogP contribution in [0, 0.1) is 0 Å². The van der Waals surface area contributed by atoms with E-state index in [4.69, 9.17) is 0 Å². The SMILES string of the molecule is C=C1CCCCN1C(=O)c1ccc(C(F)(F)F)cc1. The molecule has 0 bridgehead atoms. The molecule has 5 heteroatoms. The number of nitrogens with zero attached hydrogens (tertiary/aromatic N) is 1. The van der Waals surface area contributed by atoms with Gasteiger partial charge in [0.25, 0.3) is 5.91 Å². The minimum Gasteiger partial charge on any atom is -0.313 e. The predicted molar refractivity (Wildman–Crippen MR) is 65.5 cm³/mol. The lowest BCUT2D eigenvalue weighted by atomic mass is 10.1. The number of amides is 1. The van der Waals surface area contributed by atoms with E-state index in [0.717, 1.165) is 37.1 Å². The first-order valence-corrected chi connectivity index (χ1v) is 6.06. The Labute approximate surface area is 109 Å². The van der Waals surface area contributed by atoms with E-state index < -0.39 is 11.7 Å². The number of carbonyl (C=O) groups is 1. The Morgan fingerprint density at radius 2 is 1.79 bits per heavy atom. The summed E-state index contributed by atoms with van der Waals surface area (Å²) >= 11 is 0. The summed E-state index contributed by atoms with van der Waals surface area (Å²) in [6, 6.07) is 4.29. The van der Waals surface area contributed by atoms with Crippen LogP contribution in [0.15, 0.2) is 36.5 Å². The normalized spacial score (nSPS) is 16.6. The maximum atomic E-state index is 12.4. The zero-order valence-electron chi connectivity index (χ0n) is 10.3. The molecule has 1 heterocycles. The van der Waals surface area contributed by atoms with Gasteiger partial charge < -0.3 is 4.90 Å². The number of allylic oxidation sites excluding steroid dienone is 1. The second-order valence-corrected chi connectivity index (χ2v) is 4.56. The van der Waals surface area contributed by atoms with Crippen LogP contribution in [0.2, 0.25) is 0 Å². The molecule has 1 amide bonds. The van der Waals surface area contributed by atoms with Gasteiger partial charge in [-0.2, -0.15) is 13.2 Å². The Hall–Kier alpha value is -1.78. The molecule has 0 aliphatic carbocycles. The van der Waals surface area contributed by atoms with Crippen molar-refractivity contribution in [2.75, 3.05) is 6.54 Å². The van der Waals surface area contributed by atoms with Gasteiger partial charge in [-0.1, -0.05) is 6.58 Å². The van der Waals surface area contributed by atoms with Crippen LogP contribution in [0.25, 0.3) is 0 Å². The number of alkyl halides is 3. The van der Waals surface area contributed by atoms with Crippen molar-refractivity contribution < 1.29 is 18.0 Å². The molecule has 0 atom stereocenters. The van der Waals surface area contributed by atoms with Crippen molar-refractivity contribution in [3.05, 3.63) is 47.7 Å². The topological polar surface area (TPSA) is 20.3 Å². The van der Waals surface area contributed by atoms with Gasteiger partial charge in [0.05, 0.1) is 5.56 Å². The van der Waals surface area contributed by atoms with Crippen molar-refractivity contribution in [3.63, 3.8) is 0 Å². The first-order chi connectivity index (χ1) is 8.89. The molecule has 102 valence electrons. The minimum absolute atomic E-state index is 0.260. The van der Waals surface area contributed by atoms with Crippen molar-refractivity contribution in [1.29, 1.82) is 0 Å². The molecule has 1 fully saturated rings. The number of halogens is 3. The first-order valence-electron chi connectivity index (χ1n) is 6.06. The molecule has 1 aliphatic heterocycles. The van der Waals surface area contributed by atoms with Gasteiger partial charge in [0.1, 0.15) is 0 Å². The summed E-state index contributed by atoms with van der Waals surface area (Å²) < 4.78 is 37.3. The Bertz CT molecular complexity index is 490. The monoisotopic (exact) mass is 269 g/mol. The highest BCUT2D eigenvalue weighted by Crippen LogP contribution is 2.29. The van der Waals surface area contributed by atoms with Gasteiger partial charge in [0, 0.05) is 17.8 Å². The third-order valence-electron chi connectivity index (χ3n) is 3.18. The summed E-state index contributed by atoms with van der Waals surface area (Å²) in [6.45, 7) is 4.41. The average molecular weight is 269 g/mol. The number of likely N-dealkylation sites (tertiary alicyclic amines) is 1. The van der Waals surface area contributed by atoms with E-state index in [-0.39, 0.29) is 11.5 Å². The second-order valence-electron chi connectivity index (χ2n) is 4.56. The maximum Gasteiger partial charge on any atom is 0.416 e. The highest BCUT2D eigenvalue weighted by molar-refractivity contribution is 5.95. The fraction of sp³-hybridized carbons (Fsp3) is 0.357. The molecule has 1 aromatic rings. The van der Waals surface area contributed by atoms with Crippen molar-refractivity contribution in [1.82, 2.24) is 4.90 Å². The molecule has 0 saturated carbocycles. The van der Waals surface area contributed by atoms with Crippen LogP contribution in [0.1, 0.15) is 35.2 Å². The van der Waals surface area contributed by atoms with E-state index in [1.54, 1.807) is 4.90 Å². The first kappa shape index (κ1) is 13.6. The summed E-state index contributed by atoms with van der Waals surface area (Å²) in [6.07, 6.45) is -1.73. The van der Waals surface area contributed by atoms with Gasteiger partial charge in [-0.25, -0.2) is 0 Å². The summed E-state index contributed by atoms with van der Waals surface area (Å²) in [5.74, 6) is -0.279. The third kappa shape index (κ3) is 2.97. The van der Waals surface area contributed by atoms with Crippen molar-refractivity contribution in [2.24, 2.45) is 0 Å². The molecular formula is C14H14F3NO. The summed E-state index contributed by atoms with van der Waals surface area (Å²) in [5, 5.41) is 0. The van der Waals surface area contributed by atoms with E-state index in [1.807, 2.05) is 0 Å². The number of carbonyl (C=O) groups excluding carboxylic acids is 1. The lowest BCUT2D eigenvalue weighted by Gasteiger charge is -2.29. The largest absolute Gasteiger partial charge is 0.416 e. The lowest BCUT2D eigenvalue weighted by molar-refractivity contribution is -0.137. The molecule has 0 N–H and O–H groups in total. The Morgan fingerprint density at radius 3 is 2.32 bits per heavy atom. The standard InChI is InChI=1S/C14H14F3NO/c1-10-4-2-3-9-18(10)13(19)11-5-7-12(8-6-11)14(15,16)17/h5-8H,1-4,9H2. The van der Waals surface area contributed by atoms with Crippen LogP contribution in [-0.4, -0.2) is 17.4 Å². The molecule has 2 nitrogen and oxygen atoms in total. The van der Waals surface area contributed by atoms with Crippen molar-refractivity contribution >= 4 is 5.91 Å². The fourth-order valence-corrected chi connectivity index (χ4v) is 2.09. The second kappa shape index (κ2) is 5.07. The van der Waals surface area contributed by atoms with Gasteiger partial charge in [0.15, 0.2) is 0 Å². The number of hydrogen-bond acceptors (Lipinski definition) is 1. The fourth-order valence-electron chi connectivity index (χ4n) is 2.09. The van der Waals surface area contributed by atoms with Gasteiger partial charge >= 0.3 is 6.18 Å². The van der Waals surface area contributed by atoms with E-state index >= 15 is 0 Å². The van der Waals surface area contributed by atoms with Crippen molar-refractivity contribution in [2.45, 2.75) is 25.4 Å². The van der Waals surface area contributed by atoms with Crippen LogP contribution in [0.4, 0.5) is 13.2 Å². The van der Waals surface area contributed by atoms with Crippen LogP contribution in [-0.2, 0) is 6.18 Å². The van der Waals surface area contributed by atoms with E-state index in [1.165, 1.54) is 12.1 Å². The molecule has 2 rings (SSSR count). The Morgan fingerprint density at radius 1 is 1.16 bits per heavy atom. The van der Waals surface area contributed by atoms with E-state index in [9.17, 15) is 18.0 Å². The summed E-state index contributed by atoms with van der Waals surface area (Å²) in [5.41, 5.74) is 0.244. The van der Waals surface area contributed by atoms with Gasteiger partial charge in [0.2, 0.25) is 0 Å². The summed E-state index contributed by atoms with van der Waals surface area (Å²) in [4.78, 5) is 13.7. The molecular weight excluding hydrogens is 255 g/mol. The minimum atomic E-state index is -4.38. The Kier molecular flexibility index (Phi) is 3.64. The van der Waals surface area contributed by atoms with Gasteiger partial charge in [-0.05, 0) is 43.5 Å². The van der Waals surface area contributed by atoms with Gasteiger partial charge in [-0.3, -0.25) is 4.79 Å². The molecule has 1 saturated heterocycles. The van der Waals surface area contributed by atoms with Crippen molar-refractivity contribution in [3.8, 4) is 0 Å². The summed E-state index contributed by atoms with van der Waals surface area (Å²) in [7, 11) is 0. The zero-order valence-corrected chi connectivity index (χ0v) is 10.3. The van der Waals surface area contributed by atoms with Crippen LogP contribution in [0.5, 0.6) is 0 Å². The molecule has 19 heavy (non-hydrogen) atoms. The molecule has 0 unspecified atom stereocenters. The number of rotatable bonds is 1.